The predicted molar refractivity (Wildman–Crippen MR) is 92.8 cm³/mol. The molecule has 0 aliphatic heterocycles. The van der Waals surface area contributed by atoms with Gasteiger partial charge in [0, 0.05) is 12.6 Å². The van der Waals surface area contributed by atoms with Crippen LogP contribution in [-0.4, -0.2) is 22.2 Å². The lowest BCUT2D eigenvalue weighted by Crippen LogP contribution is -2.22. The molecule has 0 atom stereocenters. The topological polar surface area (TPSA) is 53.2 Å². The Labute approximate surface area is 152 Å². The van der Waals surface area contributed by atoms with E-state index in [1.54, 1.807) is 30.3 Å². The Morgan fingerprint density at radius 3 is 2.11 bits per heavy atom. The van der Waals surface area contributed by atoms with Crippen molar-refractivity contribution in [2.45, 2.75) is 6.18 Å². The Kier molecular flexibility index (Phi) is 4.65. The third-order valence-electron chi connectivity index (χ3n) is 4.14. The lowest BCUT2D eigenvalue weighted by atomic mass is 10.1. The number of carbonyl (C=O) groups is 1. The molecule has 140 valence electrons. The van der Waals surface area contributed by atoms with E-state index in [-0.39, 0.29) is 17.0 Å². The molecular weight excluding hydrogens is 361 g/mol. The van der Waals surface area contributed by atoms with Crippen molar-refractivity contribution < 1.29 is 22.7 Å². The van der Waals surface area contributed by atoms with Crippen LogP contribution in [-0.2, 0) is 18.0 Å². The molecular formula is C19H15F3N2O3. The highest BCUT2D eigenvalue weighted by atomic mass is 19.4. The SMILES string of the molecule is COC(=O)c1c(-c2ccc(C(F)(F)F)cc2)n(-c2ccccc2)c(=O)n1C. The third-order valence-corrected chi connectivity index (χ3v) is 4.14. The molecule has 0 saturated heterocycles. The summed E-state index contributed by atoms with van der Waals surface area (Å²) >= 11 is 0. The van der Waals surface area contributed by atoms with Gasteiger partial charge in [0.15, 0.2) is 5.69 Å². The van der Waals surface area contributed by atoms with Gasteiger partial charge in [-0.05, 0) is 24.3 Å². The lowest BCUT2D eigenvalue weighted by Gasteiger charge is -2.11. The highest BCUT2D eigenvalue weighted by molar-refractivity contribution is 5.95. The zero-order chi connectivity index (χ0) is 19.8. The number of para-hydroxylation sites is 1. The number of nitrogens with zero attached hydrogens (tertiary/aromatic N) is 2. The molecule has 0 N–H and O–H groups in total. The van der Waals surface area contributed by atoms with Crippen LogP contribution in [0.1, 0.15) is 16.1 Å². The van der Waals surface area contributed by atoms with E-state index < -0.39 is 23.4 Å². The Bertz CT molecular complexity index is 1030. The number of ether oxygens (including phenoxy) is 1. The Balaban J connectivity index is 2.31. The zero-order valence-corrected chi connectivity index (χ0v) is 14.4. The summed E-state index contributed by atoms with van der Waals surface area (Å²) in [6.45, 7) is 0. The number of aromatic nitrogens is 2. The van der Waals surface area contributed by atoms with Crippen LogP contribution < -0.4 is 5.69 Å². The third kappa shape index (κ3) is 3.25. The molecule has 0 amide bonds. The molecule has 3 aromatic rings. The second-order valence-corrected chi connectivity index (χ2v) is 5.78. The molecule has 3 rings (SSSR count). The molecule has 0 radical (unpaired) electrons. The van der Waals surface area contributed by atoms with E-state index in [9.17, 15) is 22.8 Å². The second-order valence-electron chi connectivity index (χ2n) is 5.78. The number of alkyl halides is 3. The van der Waals surface area contributed by atoms with Gasteiger partial charge in [-0.2, -0.15) is 13.2 Å². The van der Waals surface area contributed by atoms with Gasteiger partial charge in [-0.3, -0.25) is 9.13 Å². The number of imidazole rings is 1. The maximum atomic E-state index is 12.9. The summed E-state index contributed by atoms with van der Waals surface area (Å²) in [6.07, 6.45) is -4.49. The summed E-state index contributed by atoms with van der Waals surface area (Å²) < 4.78 is 45.7. The zero-order valence-electron chi connectivity index (χ0n) is 14.4. The summed E-state index contributed by atoms with van der Waals surface area (Å²) in [4.78, 5) is 25.0. The van der Waals surface area contributed by atoms with Gasteiger partial charge < -0.3 is 4.74 Å². The first-order chi connectivity index (χ1) is 12.8. The number of hydrogen-bond acceptors (Lipinski definition) is 3. The molecule has 0 aliphatic rings. The van der Waals surface area contributed by atoms with Crippen molar-refractivity contribution in [2.24, 2.45) is 7.05 Å². The van der Waals surface area contributed by atoms with Crippen molar-refractivity contribution in [1.29, 1.82) is 0 Å². The van der Waals surface area contributed by atoms with Crippen LogP contribution in [0.4, 0.5) is 13.2 Å². The van der Waals surface area contributed by atoms with E-state index in [0.717, 1.165) is 16.7 Å². The van der Waals surface area contributed by atoms with Gasteiger partial charge in [0.1, 0.15) is 0 Å². The minimum Gasteiger partial charge on any atom is -0.464 e. The number of carbonyl (C=O) groups excluding carboxylic acids is 1. The normalized spacial score (nSPS) is 11.4. The average Bonchev–Trinajstić information content (AvgIpc) is 2.92. The van der Waals surface area contributed by atoms with Crippen LogP contribution in [0.15, 0.2) is 59.4 Å². The van der Waals surface area contributed by atoms with Crippen LogP contribution in [0.25, 0.3) is 16.9 Å². The van der Waals surface area contributed by atoms with E-state index in [0.29, 0.717) is 5.69 Å². The molecule has 0 bridgehead atoms. The van der Waals surface area contributed by atoms with Crippen molar-refractivity contribution in [1.82, 2.24) is 9.13 Å². The number of halogens is 3. The minimum absolute atomic E-state index is 0.0499. The van der Waals surface area contributed by atoms with Crippen molar-refractivity contribution in [3.8, 4) is 16.9 Å². The average molecular weight is 376 g/mol. The summed E-state index contributed by atoms with van der Waals surface area (Å²) in [5, 5.41) is 0. The van der Waals surface area contributed by atoms with Crippen LogP contribution >= 0.6 is 0 Å². The largest absolute Gasteiger partial charge is 0.464 e. The van der Waals surface area contributed by atoms with E-state index in [4.69, 9.17) is 4.74 Å². The molecule has 0 aliphatic carbocycles. The maximum absolute atomic E-state index is 12.9. The van der Waals surface area contributed by atoms with Crippen molar-refractivity contribution in [3.63, 3.8) is 0 Å². The molecule has 27 heavy (non-hydrogen) atoms. The van der Waals surface area contributed by atoms with Crippen LogP contribution in [0, 0.1) is 0 Å². The van der Waals surface area contributed by atoms with Crippen molar-refractivity contribution in [2.75, 3.05) is 7.11 Å². The molecule has 0 fully saturated rings. The number of hydrogen-bond donors (Lipinski definition) is 0. The smallest absolute Gasteiger partial charge is 0.416 e. The van der Waals surface area contributed by atoms with Gasteiger partial charge in [0.25, 0.3) is 0 Å². The van der Waals surface area contributed by atoms with E-state index in [1.165, 1.54) is 30.9 Å². The molecule has 1 heterocycles. The molecule has 5 nitrogen and oxygen atoms in total. The first kappa shape index (κ1) is 18.5. The van der Waals surface area contributed by atoms with Gasteiger partial charge >= 0.3 is 17.8 Å². The number of rotatable bonds is 3. The fourth-order valence-electron chi connectivity index (χ4n) is 2.84. The molecule has 0 spiro atoms. The number of methoxy groups -OCH3 is 1. The number of benzene rings is 2. The lowest BCUT2D eigenvalue weighted by molar-refractivity contribution is -0.137. The Morgan fingerprint density at radius 1 is 1.00 bits per heavy atom. The molecule has 8 heteroatoms. The maximum Gasteiger partial charge on any atom is 0.416 e. The fraction of sp³-hybridized carbons (Fsp3) is 0.158. The van der Waals surface area contributed by atoms with Gasteiger partial charge in [-0.1, -0.05) is 30.3 Å². The summed E-state index contributed by atoms with van der Waals surface area (Å²) in [6, 6.07) is 12.8. The Hall–Kier alpha value is -3.29. The monoisotopic (exact) mass is 376 g/mol. The van der Waals surface area contributed by atoms with Crippen molar-refractivity contribution >= 4 is 5.97 Å². The van der Waals surface area contributed by atoms with Crippen molar-refractivity contribution in [3.05, 3.63) is 76.3 Å². The molecule has 1 aromatic heterocycles. The van der Waals surface area contributed by atoms with E-state index in [2.05, 4.69) is 0 Å². The number of esters is 1. The summed E-state index contributed by atoms with van der Waals surface area (Å²) in [5.41, 5.74) is -0.472. The van der Waals surface area contributed by atoms with E-state index >= 15 is 0 Å². The van der Waals surface area contributed by atoms with Gasteiger partial charge in [-0.25, -0.2) is 9.59 Å². The van der Waals surface area contributed by atoms with Crippen LogP contribution in [0.2, 0.25) is 0 Å². The first-order valence-corrected chi connectivity index (χ1v) is 7.88. The highest BCUT2D eigenvalue weighted by Gasteiger charge is 2.31. The fourth-order valence-corrected chi connectivity index (χ4v) is 2.84. The quantitative estimate of drug-likeness (QED) is 0.656. The van der Waals surface area contributed by atoms with E-state index in [1.807, 2.05) is 0 Å². The standard InChI is InChI=1S/C19H15F3N2O3/c1-23-16(17(25)27-2)15(12-8-10-13(11-9-12)19(20,21)22)24(18(23)26)14-6-4-3-5-7-14/h3-11H,1-2H3. The molecule has 0 unspecified atom stereocenters. The highest BCUT2D eigenvalue weighted by Crippen LogP contribution is 2.32. The summed E-state index contributed by atoms with van der Waals surface area (Å²) in [5.74, 6) is -0.765. The van der Waals surface area contributed by atoms with Gasteiger partial charge in [-0.15, -0.1) is 0 Å². The second kappa shape index (κ2) is 6.79. The Morgan fingerprint density at radius 2 is 1.59 bits per heavy atom. The minimum atomic E-state index is -4.49. The molecule has 2 aromatic carbocycles. The van der Waals surface area contributed by atoms with Gasteiger partial charge in [0.2, 0.25) is 0 Å². The van der Waals surface area contributed by atoms with Crippen LogP contribution in [0.5, 0.6) is 0 Å². The first-order valence-electron chi connectivity index (χ1n) is 7.88. The van der Waals surface area contributed by atoms with Gasteiger partial charge in [0.05, 0.1) is 24.1 Å². The summed E-state index contributed by atoms with van der Waals surface area (Å²) in [7, 11) is 2.57. The predicted octanol–water partition coefficient (Wildman–Crippen LogP) is 3.65. The molecule has 0 saturated carbocycles. The van der Waals surface area contributed by atoms with Crippen LogP contribution in [0.3, 0.4) is 0 Å².